The van der Waals surface area contributed by atoms with Crippen molar-refractivity contribution >= 4 is 26.8 Å². The number of rotatable bonds is 9. The lowest BCUT2D eigenvalue weighted by Gasteiger charge is -2.22. The van der Waals surface area contributed by atoms with E-state index >= 15 is 0 Å². The molecule has 2 aliphatic rings. The van der Waals surface area contributed by atoms with Gasteiger partial charge in [-0.1, -0.05) is 12.1 Å². The summed E-state index contributed by atoms with van der Waals surface area (Å²) in [5.41, 5.74) is 1.26. The van der Waals surface area contributed by atoms with Crippen molar-refractivity contribution in [2.24, 2.45) is 5.92 Å². The molecule has 2 aromatic carbocycles. The number of furan rings is 1. The second kappa shape index (κ2) is 10.7. The Kier molecular flexibility index (Phi) is 7.41. The summed E-state index contributed by atoms with van der Waals surface area (Å²) in [6.45, 7) is 2.45. The minimum absolute atomic E-state index is 0.119. The summed E-state index contributed by atoms with van der Waals surface area (Å²) in [6.07, 6.45) is 3.80. The zero-order valence-electron chi connectivity index (χ0n) is 20.0. The summed E-state index contributed by atoms with van der Waals surface area (Å²) < 4.78 is 58.2. The number of ketones is 1. The third-order valence-corrected chi connectivity index (χ3v) is 8.74. The SMILES string of the molecule is O=C(CCc1cccc(OCC2CCOCC2)c1)[C@@H]1CCCN1S(=O)(=O)c1cc2cc(F)ccc2o1. The average Bonchev–Trinajstić information content (AvgIpc) is 3.55. The molecular weight excluding hydrogens is 485 g/mol. The van der Waals surface area contributed by atoms with Gasteiger partial charge in [0.1, 0.15) is 17.1 Å². The number of hydrogen-bond acceptors (Lipinski definition) is 6. The van der Waals surface area contributed by atoms with Crippen molar-refractivity contribution in [2.75, 3.05) is 26.4 Å². The molecule has 2 saturated heterocycles. The molecule has 0 unspecified atom stereocenters. The Labute approximate surface area is 210 Å². The number of carbonyl (C=O) groups excluding carboxylic acids is 1. The molecule has 9 heteroatoms. The summed E-state index contributed by atoms with van der Waals surface area (Å²) in [4.78, 5) is 13.1. The first-order valence-electron chi connectivity index (χ1n) is 12.4. The molecular formula is C27H30FNO6S. The van der Waals surface area contributed by atoms with Crippen molar-refractivity contribution in [3.63, 3.8) is 0 Å². The number of fused-ring (bicyclic) bond motifs is 1. The Morgan fingerprint density at radius 1 is 1.08 bits per heavy atom. The maximum absolute atomic E-state index is 13.5. The molecule has 1 aromatic heterocycles. The lowest BCUT2D eigenvalue weighted by atomic mass is 10.0. The molecule has 1 atom stereocenters. The van der Waals surface area contributed by atoms with Gasteiger partial charge >= 0.3 is 0 Å². The van der Waals surface area contributed by atoms with Gasteiger partial charge in [-0.2, -0.15) is 4.31 Å². The Balaban J connectivity index is 1.21. The fourth-order valence-electron chi connectivity index (χ4n) is 4.93. The van der Waals surface area contributed by atoms with Gasteiger partial charge in [0, 0.05) is 37.6 Å². The Morgan fingerprint density at radius 3 is 2.75 bits per heavy atom. The second-order valence-corrected chi connectivity index (χ2v) is 11.3. The number of aryl methyl sites for hydroxylation is 1. The van der Waals surface area contributed by atoms with Crippen LogP contribution in [0.3, 0.4) is 0 Å². The van der Waals surface area contributed by atoms with Gasteiger partial charge in [0.25, 0.3) is 10.0 Å². The largest absolute Gasteiger partial charge is 0.493 e. The van der Waals surface area contributed by atoms with Gasteiger partial charge in [0.15, 0.2) is 5.78 Å². The van der Waals surface area contributed by atoms with Crippen molar-refractivity contribution in [2.45, 2.75) is 49.7 Å². The van der Waals surface area contributed by atoms with Gasteiger partial charge in [-0.05, 0) is 73.9 Å². The summed E-state index contributed by atoms with van der Waals surface area (Å²) in [5, 5.41) is 0.103. The van der Waals surface area contributed by atoms with Crippen molar-refractivity contribution in [1.82, 2.24) is 4.31 Å². The van der Waals surface area contributed by atoms with E-state index in [9.17, 15) is 17.6 Å². The van der Waals surface area contributed by atoms with Gasteiger partial charge in [-0.25, -0.2) is 12.8 Å². The molecule has 3 heterocycles. The molecule has 0 saturated carbocycles. The predicted molar refractivity (Wildman–Crippen MR) is 132 cm³/mol. The van der Waals surface area contributed by atoms with Crippen LogP contribution in [0.2, 0.25) is 0 Å². The molecule has 0 N–H and O–H groups in total. The molecule has 192 valence electrons. The molecule has 0 aliphatic carbocycles. The fraction of sp³-hybridized carbons (Fsp3) is 0.444. The number of carbonyl (C=O) groups is 1. The summed E-state index contributed by atoms with van der Waals surface area (Å²) in [5.74, 6) is 0.675. The van der Waals surface area contributed by atoms with Gasteiger partial charge < -0.3 is 13.9 Å². The standard InChI is InChI=1S/C27H30FNO6S/c28-22-7-9-26-21(16-22)17-27(35-26)36(31,32)29-12-2-5-24(29)25(30)8-6-19-3-1-4-23(15-19)34-18-20-10-13-33-14-11-20/h1,3-4,7,9,15-17,20,24H,2,5-6,8,10-14,18H2/t24-/m0/s1. The van der Waals surface area contributed by atoms with Crippen LogP contribution >= 0.6 is 0 Å². The molecule has 2 fully saturated rings. The van der Waals surface area contributed by atoms with E-state index in [-0.39, 0.29) is 29.4 Å². The van der Waals surface area contributed by atoms with Crippen molar-refractivity contribution in [3.05, 3.63) is 59.9 Å². The van der Waals surface area contributed by atoms with Crippen LogP contribution in [-0.2, 0) is 26.0 Å². The van der Waals surface area contributed by atoms with E-state index in [0.29, 0.717) is 37.2 Å². The van der Waals surface area contributed by atoms with Crippen molar-refractivity contribution in [3.8, 4) is 5.75 Å². The van der Waals surface area contributed by atoms with Crippen LogP contribution in [-0.4, -0.2) is 50.9 Å². The van der Waals surface area contributed by atoms with Crippen LogP contribution in [0.15, 0.2) is 58.0 Å². The highest BCUT2D eigenvalue weighted by atomic mass is 32.2. The van der Waals surface area contributed by atoms with Crippen LogP contribution < -0.4 is 4.74 Å². The Hall–Kier alpha value is -2.75. The normalized spacial score (nSPS) is 19.6. The third-order valence-electron chi connectivity index (χ3n) is 6.98. The van der Waals surface area contributed by atoms with E-state index < -0.39 is 21.9 Å². The maximum atomic E-state index is 13.5. The summed E-state index contributed by atoms with van der Waals surface area (Å²) >= 11 is 0. The van der Waals surface area contributed by atoms with E-state index in [1.165, 1.54) is 28.6 Å². The lowest BCUT2D eigenvalue weighted by molar-refractivity contribution is -0.122. The van der Waals surface area contributed by atoms with E-state index in [4.69, 9.17) is 13.9 Å². The monoisotopic (exact) mass is 515 g/mol. The molecule has 0 radical (unpaired) electrons. The number of nitrogens with zero attached hydrogens (tertiary/aromatic N) is 1. The topological polar surface area (TPSA) is 86.0 Å². The first-order valence-corrected chi connectivity index (χ1v) is 13.9. The highest BCUT2D eigenvalue weighted by Gasteiger charge is 2.40. The van der Waals surface area contributed by atoms with Crippen LogP contribution in [0, 0.1) is 11.7 Å². The Bertz CT molecular complexity index is 1330. The minimum atomic E-state index is -4.02. The zero-order valence-corrected chi connectivity index (χ0v) is 20.8. The number of ether oxygens (including phenoxy) is 2. The van der Waals surface area contributed by atoms with E-state index in [2.05, 4.69) is 0 Å². The lowest BCUT2D eigenvalue weighted by Crippen LogP contribution is -2.40. The molecule has 0 amide bonds. The number of Topliss-reactive ketones (excluding diaryl/α,β-unsaturated/α-hetero) is 1. The average molecular weight is 516 g/mol. The minimum Gasteiger partial charge on any atom is -0.493 e. The first kappa shape index (κ1) is 24.9. The summed E-state index contributed by atoms with van der Waals surface area (Å²) in [7, 11) is -4.02. The molecule has 3 aromatic rings. The first-order chi connectivity index (χ1) is 17.4. The number of halogens is 1. The van der Waals surface area contributed by atoms with Crippen molar-refractivity contribution < 1.29 is 31.5 Å². The molecule has 36 heavy (non-hydrogen) atoms. The number of benzene rings is 2. The van der Waals surface area contributed by atoms with Crippen LogP contribution in [0.25, 0.3) is 11.0 Å². The van der Waals surface area contributed by atoms with Gasteiger partial charge in [-0.15, -0.1) is 0 Å². The van der Waals surface area contributed by atoms with E-state index in [1.54, 1.807) is 0 Å². The molecule has 5 rings (SSSR count). The van der Waals surface area contributed by atoms with Crippen LogP contribution in [0.4, 0.5) is 4.39 Å². The predicted octanol–water partition coefficient (Wildman–Crippen LogP) is 4.73. The quantitative estimate of drug-likeness (QED) is 0.410. The van der Waals surface area contributed by atoms with Crippen LogP contribution in [0.1, 0.15) is 37.7 Å². The molecule has 2 aliphatic heterocycles. The highest BCUT2D eigenvalue weighted by Crippen LogP contribution is 2.31. The second-order valence-electron chi connectivity index (χ2n) is 9.50. The molecule has 7 nitrogen and oxygen atoms in total. The Morgan fingerprint density at radius 2 is 1.92 bits per heavy atom. The third kappa shape index (κ3) is 5.48. The zero-order chi connectivity index (χ0) is 25.1. The smallest absolute Gasteiger partial charge is 0.277 e. The fourth-order valence-corrected chi connectivity index (χ4v) is 6.56. The van der Waals surface area contributed by atoms with Crippen molar-refractivity contribution in [1.29, 1.82) is 0 Å². The van der Waals surface area contributed by atoms with E-state index in [0.717, 1.165) is 37.4 Å². The van der Waals surface area contributed by atoms with Gasteiger partial charge in [0.2, 0.25) is 5.09 Å². The number of hydrogen-bond donors (Lipinski definition) is 0. The molecule has 0 spiro atoms. The summed E-state index contributed by atoms with van der Waals surface area (Å²) in [6, 6.07) is 12.2. The van der Waals surface area contributed by atoms with Gasteiger partial charge in [-0.3, -0.25) is 4.79 Å². The molecule has 0 bridgehead atoms. The van der Waals surface area contributed by atoms with Gasteiger partial charge in [0.05, 0.1) is 12.6 Å². The van der Waals surface area contributed by atoms with E-state index in [1.807, 2.05) is 24.3 Å². The maximum Gasteiger partial charge on any atom is 0.277 e. The van der Waals surface area contributed by atoms with Crippen LogP contribution in [0.5, 0.6) is 5.75 Å². The number of sulfonamides is 1. The highest BCUT2D eigenvalue weighted by molar-refractivity contribution is 7.89.